The van der Waals surface area contributed by atoms with Crippen LogP contribution in [0.4, 0.5) is 0 Å². The van der Waals surface area contributed by atoms with E-state index in [0.29, 0.717) is 5.56 Å². The minimum Gasteiger partial charge on any atom is -0.478 e. The third-order valence-electron chi connectivity index (χ3n) is 4.32. The van der Waals surface area contributed by atoms with E-state index in [-0.39, 0.29) is 28.4 Å². The second-order valence-electron chi connectivity index (χ2n) is 6.10. The van der Waals surface area contributed by atoms with Crippen LogP contribution in [-0.4, -0.2) is 56.3 Å². The first-order valence-electron chi connectivity index (χ1n) is 6.92. The lowest BCUT2D eigenvalue weighted by Crippen LogP contribution is -2.48. The summed E-state index contributed by atoms with van der Waals surface area (Å²) >= 11 is 0. The first-order valence-corrected chi connectivity index (χ1v) is 10.2. The molecule has 7 nitrogen and oxygen atoms in total. The molecular formula is C14H19NO6S2. The predicted molar refractivity (Wildman–Crippen MR) is 84.8 cm³/mol. The van der Waals surface area contributed by atoms with Gasteiger partial charge in [-0.3, -0.25) is 0 Å². The zero-order valence-electron chi connectivity index (χ0n) is 13.1. The lowest BCUT2D eigenvalue weighted by Gasteiger charge is -2.33. The van der Waals surface area contributed by atoms with Crippen LogP contribution in [0.3, 0.4) is 0 Å². The first kappa shape index (κ1) is 17.9. The predicted octanol–water partition coefficient (Wildman–Crippen LogP) is 0.891. The van der Waals surface area contributed by atoms with Crippen LogP contribution < -0.4 is 0 Å². The van der Waals surface area contributed by atoms with Gasteiger partial charge in [-0.15, -0.1) is 0 Å². The van der Waals surface area contributed by atoms with Crippen molar-refractivity contribution in [3.05, 3.63) is 29.3 Å². The fraction of sp³-hybridized carbons (Fsp3) is 0.500. The van der Waals surface area contributed by atoms with E-state index in [1.807, 2.05) is 0 Å². The van der Waals surface area contributed by atoms with Crippen LogP contribution in [0.5, 0.6) is 0 Å². The molecule has 2 rings (SSSR count). The highest BCUT2D eigenvalue weighted by molar-refractivity contribution is 7.92. The number of hydrogen-bond donors (Lipinski definition) is 1. The van der Waals surface area contributed by atoms with Crippen LogP contribution in [0.25, 0.3) is 0 Å². The minimum absolute atomic E-state index is 0.0580. The maximum absolute atomic E-state index is 12.9. The molecule has 0 aromatic heterocycles. The van der Waals surface area contributed by atoms with Crippen LogP contribution in [0.2, 0.25) is 0 Å². The summed E-state index contributed by atoms with van der Waals surface area (Å²) in [6, 6.07) is 3.87. The van der Waals surface area contributed by atoms with Gasteiger partial charge in [-0.1, -0.05) is 6.07 Å². The van der Waals surface area contributed by atoms with E-state index < -0.39 is 31.4 Å². The summed E-state index contributed by atoms with van der Waals surface area (Å²) in [5, 5.41) is 9.05. The summed E-state index contributed by atoms with van der Waals surface area (Å²) in [7, 11) is -5.95. The van der Waals surface area contributed by atoms with Crippen LogP contribution in [0.1, 0.15) is 29.3 Å². The van der Waals surface area contributed by atoms with Gasteiger partial charge in [0.25, 0.3) is 0 Å². The number of carbonyl (C=O) groups is 1. The highest BCUT2D eigenvalue weighted by Gasteiger charge is 2.46. The van der Waals surface area contributed by atoms with Gasteiger partial charge in [0, 0.05) is 12.6 Å². The third-order valence-corrected chi connectivity index (χ3v) is 8.36. The van der Waals surface area contributed by atoms with Gasteiger partial charge in [0.1, 0.15) is 0 Å². The van der Waals surface area contributed by atoms with E-state index in [0.717, 1.165) is 10.4 Å². The number of sulfonamides is 1. The SMILES string of the molecule is Cc1ccc(C(=O)O)cc1S(=O)(=O)N(C)[C@@]1(C)CCS(=O)(=O)C1. The topological polar surface area (TPSA) is 109 Å². The Morgan fingerprint density at radius 1 is 1.35 bits per heavy atom. The molecule has 0 spiro atoms. The molecule has 1 aliphatic rings. The molecule has 1 aromatic carbocycles. The molecule has 1 fully saturated rings. The number of aryl methyl sites for hydroxylation is 1. The number of nitrogens with zero attached hydrogens (tertiary/aromatic N) is 1. The maximum atomic E-state index is 12.9. The van der Waals surface area contributed by atoms with E-state index in [1.165, 1.54) is 19.2 Å². The Labute approximate surface area is 135 Å². The standard InChI is InChI=1S/C14H19NO6S2/c1-10-4-5-11(13(16)17)8-12(10)23(20,21)15(3)14(2)6-7-22(18,19)9-14/h4-5,8H,6-7,9H2,1-3H3,(H,16,17)/t14-/m0/s1. The number of rotatable bonds is 4. The van der Waals surface area contributed by atoms with Crippen molar-refractivity contribution in [2.24, 2.45) is 0 Å². The van der Waals surface area contributed by atoms with Crippen LogP contribution >= 0.6 is 0 Å². The molecule has 1 heterocycles. The van der Waals surface area contributed by atoms with Crippen molar-refractivity contribution in [1.82, 2.24) is 4.31 Å². The lowest BCUT2D eigenvalue weighted by molar-refractivity contribution is 0.0696. The highest BCUT2D eigenvalue weighted by atomic mass is 32.2. The number of hydrogen-bond acceptors (Lipinski definition) is 5. The van der Waals surface area contributed by atoms with Gasteiger partial charge in [0.15, 0.2) is 9.84 Å². The number of carboxylic acids is 1. The molecular weight excluding hydrogens is 342 g/mol. The zero-order chi connectivity index (χ0) is 17.6. The van der Waals surface area contributed by atoms with Crippen molar-refractivity contribution < 1.29 is 26.7 Å². The summed E-state index contributed by atoms with van der Waals surface area (Å²) in [5.41, 5.74) is -0.762. The maximum Gasteiger partial charge on any atom is 0.335 e. The molecule has 0 saturated carbocycles. The molecule has 23 heavy (non-hydrogen) atoms. The third kappa shape index (κ3) is 3.26. The lowest BCUT2D eigenvalue weighted by atomic mass is 10.0. The van der Waals surface area contributed by atoms with E-state index in [1.54, 1.807) is 13.8 Å². The Kier molecular flexibility index (Phi) is 4.33. The van der Waals surface area contributed by atoms with Crippen molar-refractivity contribution in [1.29, 1.82) is 0 Å². The van der Waals surface area contributed by atoms with Crippen molar-refractivity contribution >= 4 is 25.8 Å². The van der Waals surface area contributed by atoms with E-state index in [2.05, 4.69) is 0 Å². The van der Waals surface area contributed by atoms with Gasteiger partial charge < -0.3 is 5.11 Å². The molecule has 0 unspecified atom stereocenters. The number of sulfone groups is 1. The quantitative estimate of drug-likeness (QED) is 0.853. The average Bonchev–Trinajstić information content (AvgIpc) is 2.73. The fourth-order valence-corrected chi connectivity index (χ4v) is 6.73. The van der Waals surface area contributed by atoms with Gasteiger partial charge >= 0.3 is 5.97 Å². The number of carboxylic acid groups (broad SMARTS) is 1. The Bertz CT molecular complexity index is 859. The summed E-state index contributed by atoms with van der Waals surface area (Å²) in [5.74, 6) is -1.52. The molecule has 128 valence electrons. The molecule has 1 N–H and O–H groups in total. The zero-order valence-corrected chi connectivity index (χ0v) is 14.7. The summed E-state index contributed by atoms with van der Waals surface area (Å²) in [6.07, 6.45) is 0.211. The van der Waals surface area contributed by atoms with Crippen molar-refractivity contribution in [3.63, 3.8) is 0 Å². The van der Waals surface area contributed by atoms with Gasteiger partial charge in [-0.05, 0) is 38.0 Å². The molecule has 1 atom stereocenters. The fourth-order valence-electron chi connectivity index (χ4n) is 2.69. The van der Waals surface area contributed by atoms with Crippen molar-refractivity contribution in [2.45, 2.75) is 30.7 Å². The van der Waals surface area contributed by atoms with Gasteiger partial charge in [0.2, 0.25) is 10.0 Å². The average molecular weight is 361 g/mol. The number of aromatic carboxylic acids is 1. The summed E-state index contributed by atoms with van der Waals surface area (Å²) in [4.78, 5) is 11.0. The molecule has 0 bridgehead atoms. The monoisotopic (exact) mass is 361 g/mol. The Balaban J connectivity index is 2.50. The van der Waals surface area contributed by atoms with Gasteiger partial charge in [0.05, 0.1) is 22.0 Å². The normalized spacial score (nSPS) is 24.0. The van der Waals surface area contributed by atoms with Gasteiger partial charge in [-0.25, -0.2) is 21.6 Å². The smallest absolute Gasteiger partial charge is 0.335 e. The van der Waals surface area contributed by atoms with Crippen LogP contribution in [-0.2, 0) is 19.9 Å². The number of benzene rings is 1. The molecule has 1 aliphatic heterocycles. The molecule has 0 radical (unpaired) electrons. The van der Waals surface area contributed by atoms with Gasteiger partial charge in [-0.2, -0.15) is 4.31 Å². The second kappa shape index (κ2) is 5.57. The Hall–Kier alpha value is -1.45. The van der Waals surface area contributed by atoms with Crippen LogP contribution in [0.15, 0.2) is 23.1 Å². The molecule has 0 aliphatic carbocycles. The molecule has 0 amide bonds. The van der Waals surface area contributed by atoms with Crippen LogP contribution in [0, 0.1) is 6.92 Å². The van der Waals surface area contributed by atoms with Crippen molar-refractivity contribution in [2.75, 3.05) is 18.6 Å². The second-order valence-corrected chi connectivity index (χ2v) is 10.2. The highest BCUT2D eigenvalue weighted by Crippen LogP contribution is 2.33. The molecule has 1 aromatic rings. The largest absolute Gasteiger partial charge is 0.478 e. The Morgan fingerprint density at radius 2 is 1.96 bits per heavy atom. The first-order chi connectivity index (χ1) is 10.4. The molecule has 1 saturated heterocycles. The van der Waals surface area contributed by atoms with Crippen molar-refractivity contribution in [3.8, 4) is 0 Å². The minimum atomic E-state index is -4.01. The Morgan fingerprint density at radius 3 is 2.43 bits per heavy atom. The van der Waals surface area contributed by atoms with E-state index in [9.17, 15) is 21.6 Å². The summed E-state index contributed by atoms with van der Waals surface area (Å²) in [6.45, 7) is 3.16. The van der Waals surface area contributed by atoms with E-state index >= 15 is 0 Å². The summed E-state index contributed by atoms with van der Waals surface area (Å²) < 4.78 is 50.2. The molecule has 9 heteroatoms. The van der Waals surface area contributed by atoms with E-state index in [4.69, 9.17) is 5.11 Å².